The summed E-state index contributed by atoms with van der Waals surface area (Å²) >= 11 is 0. The third-order valence-electron chi connectivity index (χ3n) is 2.65. The smallest absolute Gasteiger partial charge is 0.120 e. The average molecular weight is 220 g/mol. The number of hydrogen-bond donors (Lipinski definition) is 0. The summed E-state index contributed by atoms with van der Waals surface area (Å²) in [5.74, 6) is 0.509. The molecule has 1 heteroatoms. The number of aryl methyl sites for hydroxylation is 1. The van der Waals surface area contributed by atoms with Crippen LogP contribution < -0.4 is 0 Å². The number of hydrogen-bond acceptors (Lipinski definition) is 1. The van der Waals surface area contributed by atoms with Crippen LogP contribution in [-0.4, -0.2) is 6.29 Å². The Balaban J connectivity index is 0.00000106. The van der Waals surface area contributed by atoms with Gasteiger partial charge in [0.1, 0.15) is 6.29 Å². The Bertz CT molecular complexity index is 274. The maximum absolute atomic E-state index is 10.4. The Morgan fingerprint density at radius 1 is 1.19 bits per heavy atom. The van der Waals surface area contributed by atoms with Gasteiger partial charge >= 0.3 is 0 Å². The Kier molecular flexibility index (Phi) is 8.51. The van der Waals surface area contributed by atoms with E-state index >= 15 is 0 Å². The lowest BCUT2D eigenvalue weighted by molar-refractivity contribution is -0.108. The summed E-state index contributed by atoms with van der Waals surface area (Å²) in [6.07, 6.45) is 3.81. The van der Waals surface area contributed by atoms with Crippen molar-refractivity contribution < 1.29 is 4.79 Å². The van der Waals surface area contributed by atoms with E-state index in [0.717, 1.165) is 19.1 Å². The van der Waals surface area contributed by atoms with Crippen LogP contribution in [0.3, 0.4) is 0 Å². The molecule has 0 radical (unpaired) electrons. The number of rotatable bonds is 5. The molecule has 0 heterocycles. The lowest BCUT2D eigenvalue weighted by Crippen LogP contribution is -2.03. The van der Waals surface area contributed by atoms with Crippen LogP contribution in [0.2, 0.25) is 0 Å². The van der Waals surface area contributed by atoms with Crippen molar-refractivity contribution in [1.29, 1.82) is 0 Å². The molecule has 0 spiro atoms. The number of carbonyl (C=O) groups excluding carboxylic acids is 1. The highest BCUT2D eigenvalue weighted by atomic mass is 16.1. The van der Waals surface area contributed by atoms with Crippen LogP contribution >= 0.6 is 0 Å². The molecule has 1 unspecified atom stereocenters. The first-order valence-corrected chi connectivity index (χ1v) is 6.25. The van der Waals surface area contributed by atoms with E-state index in [0.29, 0.717) is 12.3 Å². The van der Waals surface area contributed by atoms with Crippen LogP contribution in [0.1, 0.15) is 44.7 Å². The molecular weight excluding hydrogens is 196 g/mol. The van der Waals surface area contributed by atoms with E-state index in [9.17, 15) is 4.79 Å². The summed E-state index contributed by atoms with van der Waals surface area (Å²) in [6, 6.07) is 8.57. The third kappa shape index (κ3) is 5.69. The lowest BCUT2D eigenvalue weighted by Gasteiger charge is -2.11. The zero-order chi connectivity index (χ0) is 12.4. The molecule has 16 heavy (non-hydrogen) atoms. The highest BCUT2D eigenvalue weighted by Crippen LogP contribution is 2.15. The molecule has 0 N–H and O–H groups in total. The highest BCUT2D eigenvalue weighted by Gasteiger charge is 2.06. The Hall–Kier alpha value is -1.11. The lowest BCUT2D eigenvalue weighted by atomic mass is 9.94. The van der Waals surface area contributed by atoms with Gasteiger partial charge in [-0.3, -0.25) is 0 Å². The van der Waals surface area contributed by atoms with Crippen molar-refractivity contribution in [2.24, 2.45) is 5.92 Å². The van der Waals surface area contributed by atoms with E-state index in [4.69, 9.17) is 0 Å². The summed E-state index contributed by atoms with van der Waals surface area (Å²) in [4.78, 5) is 10.4. The molecule has 1 aromatic rings. The van der Waals surface area contributed by atoms with Crippen molar-refractivity contribution in [3.63, 3.8) is 0 Å². The monoisotopic (exact) mass is 220 g/mol. The number of benzene rings is 1. The third-order valence-corrected chi connectivity index (χ3v) is 2.65. The van der Waals surface area contributed by atoms with Gasteiger partial charge in [0.25, 0.3) is 0 Å². The zero-order valence-corrected chi connectivity index (χ0v) is 11.0. The van der Waals surface area contributed by atoms with Crippen LogP contribution in [-0.2, 0) is 11.2 Å². The number of aldehydes is 1. The summed E-state index contributed by atoms with van der Waals surface area (Å²) in [5, 5.41) is 0. The van der Waals surface area contributed by atoms with Crippen molar-refractivity contribution in [3.05, 3.63) is 35.4 Å². The molecule has 1 nitrogen and oxygen atoms in total. The second-order valence-electron chi connectivity index (χ2n) is 3.87. The maximum atomic E-state index is 10.4. The van der Waals surface area contributed by atoms with Crippen molar-refractivity contribution >= 4 is 6.29 Å². The maximum Gasteiger partial charge on any atom is 0.120 e. The van der Waals surface area contributed by atoms with Gasteiger partial charge in [0.15, 0.2) is 0 Å². The van der Waals surface area contributed by atoms with E-state index in [1.54, 1.807) is 0 Å². The molecule has 0 saturated heterocycles. The van der Waals surface area contributed by atoms with Gasteiger partial charge in [0, 0.05) is 6.42 Å². The Labute approximate surface area is 99.9 Å². The van der Waals surface area contributed by atoms with Crippen LogP contribution in [0.5, 0.6) is 0 Å². The quantitative estimate of drug-likeness (QED) is 0.680. The fraction of sp³-hybridized carbons (Fsp3) is 0.533. The van der Waals surface area contributed by atoms with E-state index < -0.39 is 0 Å². The Morgan fingerprint density at radius 2 is 1.75 bits per heavy atom. The van der Waals surface area contributed by atoms with Crippen molar-refractivity contribution in [1.82, 2.24) is 0 Å². The average Bonchev–Trinajstić information content (AvgIpc) is 2.34. The second kappa shape index (κ2) is 9.14. The van der Waals surface area contributed by atoms with E-state index in [-0.39, 0.29) is 0 Å². The summed E-state index contributed by atoms with van der Waals surface area (Å²) in [7, 11) is 0. The van der Waals surface area contributed by atoms with Crippen molar-refractivity contribution in [2.75, 3.05) is 0 Å². The van der Waals surface area contributed by atoms with Gasteiger partial charge in [-0.15, -0.1) is 0 Å². The molecule has 0 saturated carbocycles. The van der Waals surface area contributed by atoms with Crippen LogP contribution in [0.25, 0.3) is 0 Å². The fourth-order valence-electron chi connectivity index (χ4n) is 1.59. The molecule has 0 aliphatic rings. The zero-order valence-electron chi connectivity index (χ0n) is 11.0. The van der Waals surface area contributed by atoms with Crippen molar-refractivity contribution in [3.8, 4) is 0 Å². The van der Waals surface area contributed by atoms with E-state index in [1.807, 2.05) is 13.8 Å². The molecule has 1 rings (SSSR count). The first-order chi connectivity index (χ1) is 7.76. The minimum Gasteiger partial charge on any atom is -0.303 e. The summed E-state index contributed by atoms with van der Waals surface area (Å²) in [6.45, 7) is 8.23. The first kappa shape index (κ1) is 14.9. The van der Waals surface area contributed by atoms with Gasteiger partial charge in [-0.1, -0.05) is 57.0 Å². The SMILES string of the molecule is CC.CCC(CC=O)Cc1ccc(C)cc1. The second-order valence-corrected chi connectivity index (χ2v) is 3.87. The molecular formula is C15H24O. The minimum atomic E-state index is 0.509. The normalized spacial score (nSPS) is 11.2. The summed E-state index contributed by atoms with van der Waals surface area (Å²) < 4.78 is 0. The minimum absolute atomic E-state index is 0.509. The van der Waals surface area contributed by atoms with E-state index in [2.05, 4.69) is 38.1 Å². The summed E-state index contributed by atoms with van der Waals surface area (Å²) in [5.41, 5.74) is 2.63. The molecule has 0 aliphatic carbocycles. The Morgan fingerprint density at radius 3 is 2.19 bits per heavy atom. The topological polar surface area (TPSA) is 17.1 Å². The molecule has 0 aliphatic heterocycles. The van der Waals surface area contributed by atoms with Crippen LogP contribution in [0.4, 0.5) is 0 Å². The first-order valence-electron chi connectivity index (χ1n) is 6.25. The molecule has 1 atom stereocenters. The van der Waals surface area contributed by atoms with Gasteiger partial charge < -0.3 is 4.79 Å². The van der Waals surface area contributed by atoms with E-state index in [1.165, 1.54) is 11.1 Å². The highest BCUT2D eigenvalue weighted by molar-refractivity contribution is 5.49. The van der Waals surface area contributed by atoms with Crippen LogP contribution in [0, 0.1) is 12.8 Å². The van der Waals surface area contributed by atoms with Gasteiger partial charge in [-0.05, 0) is 24.8 Å². The van der Waals surface area contributed by atoms with Crippen LogP contribution in [0.15, 0.2) is 24.3 Å². The standard InChI is InChI=1S/C13H18O.C2H6/c1-3-12(8-9-14)10-13-6-4-11(2)5-7-13;1-2/h4-7,9,12H,3,8,10H2,1-2H3;1-2H3. The molecule has 1 aromatic carbocycles. The molecule has 0 fully saturated rings. The van der Waals surface area contributed by atoms with Gasteiger partial charge in [-0.25, -0.2) is 0 Å². The van der Waals surface area contributed by atoms with Gasteiger partial charge in [0.05, 0.1) is 0 Å². The fourth-order valence-corrected chi connectivity index (χ4v) is 1.59. The van der Waals surface area contributed by atoms with Gasteiger partial charge in [0.2, 0.25) is 0 Å². The largest absolute Gasteiger partial charge is 0.303 e. The molecule has 0 bridgehead atoms. The number of carbonyl (C=O) groups is 1. The molecule has 90 valence electrons. The predicted octanol–water partition coefficient (Wildman–Crippen LogP) is 4.18. The van der Waals surface area contributed by atoms with Gasteiger partial charge in [-0.2, -0.15) is 0 Å². The molecule has 0 amide bonds. The van der Waals surface area contributed by atoms with Crippen molar-refractivity contribution in [2.45, 2.75) is 47.0 Å². The molecule has 0 aromatic heterocycles. The predicted molar refractivity (Wildman–Crippen MR) is 70.7 cm³/mol.